The van der Waals surface area contributed by atoms with E-state index in [2.05, 4.69) is 37.1 Å². The number of methoxy groups -OCH3 is 3. The van der Waals surface area contributed by atoms with Gasteiger partial charge in [0.1, 0.15) is 5.69 Å². The maximum atomic E-state index is 12.3. The van der Waals surface area contributed by atoms with E-state index in [-0.39, 0.29) is 17.8 Å². The van der Waals surface area contributed by atoms with Gasteiger partial charge in [0, 0.05) is 16.2 Å². The minimum Gasteiger partial charge on any atom is -0.493 e. The highest BCUT2D eigenvalue weighted by atomic mass is 79.9. The number of H-pyrrole nitrogens is 1. The molecule has 0 saturated heterocycles. The smallest absolute Gasteiger partial charge is 0.286 e. The van der Waals surface area contributed by atoms with Crippen molar-refractivity contribution in [2.24, 2.45) is 0 Å². The number of nitrogens with one attached hydrogen (secondary N) is 4. The van der Waals surface area contributed by atoms with E-state index in [4.69, 9.17) is 14.2 Å². The quantitative estimate of drug-likeness (QED) is 0.461. The van der Waals surface area contributed by atoms with Crippen LogP contribution in [0.5, 0.6) is 17.2 Å². The number of aromatic nitrogens is 1. The highest BCUT2D eigenvalue weighted by Crippen LogP contribution is 2.38. The van der Waals surface area contributed by atoms with Crippen LogP contribution in [0.15, 0.2) is 28.9 Å². The number of amides is 3. The van der Waals surface area contributed by atoms with Crippen molar-refractivity contribution >= 4 is 33.7 Å². The molecule has 0 aliphatic heterocycles. The first-order valence-electron chi connectivity index (χ1n) is 7.90. The third-order valence-electron chi connectivity index (χ3n) is 3.54. The van der Waals surface area contributed by atoms with Gasteiger partial charge in [0.25, 0.3) is 17.7 Å². The molecular weight excluding hydrogens is 436 g/mol. The Labute approximate surface area is 169 Å². The first-order valence-corrected chi connectivity index (χ1v) is 8.70. The van der Waals surface area contributed by atoms with E-state index in [1.807, 2.05) is 0 Å². The SMILES string of the molecule is COc1cc(C(=O)NCC(=O)NNC(=O)c2cc(Br)c[nH]2)cc(OC)c1OC. The molecule has 11 heteroatoms. The highest BCUT2D eigenvalue weighted by Gasteiger charge is 2.17. The summed E-state index contributed by atoms with van der Waals surface area (Å²) in [4.78, 5) is 38.7. The third kappa shape index (κ3) is 5.16. The van der Waals surface area contributed by atoms with E-state index in [0.29, 0.717) is 21.7 Å². The van der Waals surface area contributed by atoms with E-state index < -0.39 is 17.7 Å². The number of aromatic amines is 1. The van der Waals surface area contributed by atoms with E-state index in [9.17, 15) is 14.4 Å². The molecule has 150 valence electrons. The predicted molar refractivity (Wildman–Crippen MR) is 103 cm³/mol. The summed E-state index contributed by atoms with van der Waals surface area (Å²) in [6, 6.07) is 4.46. The lowest BCUT2D eigenvalue weighted by molar-refractivity contribution is -0.120. The molecule has 2 aromatic rings. The highest BCUT2D eigenvalue weighted by molar-refractivity contribution is 9.10. The van der Waals surface area contributed by atoms with Crippen molar-refractivity contribution in [1.29, 1.82) is 0 Å². The van der Waals surface area contributed by atoms with Gasteiger partial charge in [0.2, 0.25) is 5.75 Å². The Bertz CT molecular complexity index is 857. The van der Waals surface area contributed by atoms with Gasteiger partial charge in [-0.25, -0.2) is 0 Å². The Balaban J connectivity index is 1.92. The van der Waals surface area contributed by atoms with Gasteiger partial charge in [0.05, 0.1) is 27.9 Å². The van der Waals surface area contributed by atoms with E-state index in [1.165, 1.54) is 33.5 Å². The molecule has 4 N–H and O–H groups in total. The largest absolute Gasteiger partial charge is 0.493 e. The number of carbonyl (C=O) groups is 3. The van der Waals surface area contributed by atoms with E-state index in [1.54, 1.807) is 12.3 Å². The van der Waals surface area contributed by atoms with Crippen molar-refractivity contribution < 1.29 is 28.6 Å². The molecule has 1 heterocycles. The Hall–Kier alpha value is -3.21. The first-order chi connectivity index (χ1) is 13.4. The van der Waals surface area contributed by atoms with Gasteiger partial charge in [-0.05, 0) is 34.1 Å². The van der Waals surface area contributed by atoms with Crippen LogP contribution in [0.2, 0.25) is 0 Å². The average Bonchev–Trinajstić information content (AvgIpc) is 3.15. The minimum atomic E-state index is -0.611. The maximum Gasteiger partial charge on any atom is 0.286 e. The normalized spacial score (nSPS) is 10.0. The summed E-state index contributed by atoms with van der Waals surface area (Å²) < 4.78 is 16.3. The number of hydrogen-bond acceptors (Lipinski definition) is 6. The molecule has 0 atom stereocenters. The van der Waals surface area contributed by atoms with Crippen LogP contribution in [0.4, 0.5) is 0 Å². The predicted octanol–water partition coefficient (Wildman–Crippen LogP) is 0.994. The van der Waals surface area contributed by atoms with Gasteiger partial charge >= 0.3 is 0 Å². The van der Waals surface area contributed by atoms with Crippen molar-refractivity contribution in [3.05, 3.63) is 40.1 Å². The number of hydrazine groups is 1. The Morgan fingerprint density at radius 3 is 2.11 bits per heavy atom. The van der Waals surface area contributed by atoms with Crippen LogP contribution in [0.1, 0.15) is 20.8 Å². The second kappa shape index (κ2) is 9.65. The Kier molecular flexibility index (Phi) is 7.27. The molecule has 10 nitrogen and oxygen atoms in total. The van der Waals surface area contributed by atoms with Crippen LogP contribution >= 0.6 is 15.9 Å². The zero-order chi connectivity index (χ0) is 20.7. The lowest BCUT2D eigenvalue weighted by atomic mass is 10.1. The van der Waals surface area contributed by atoms with Crippen molar-refractivity contribution in [2.45, 2.75) is 0 Å². The maximum absolute atomic E-state index is 12.3. The third-order valence-corrected chi connectivity index (χ3v) is 4.00. The number of halogens is 1. The average molecular weight is 455 g/mol. The van der Waals surface area contributed by atoms with Gasteiger partial charge in [-0.2, -0.15) is 0 Å². The fraction of sp³-hybridized carbons (Fsp3) is 0.235. The molecule has 2 rings (SSSR count). The number of benzene rings is 1. The van der Waals surface area contributed by atoms with Gasteiger partial charge in [-0.15, -0.1) is 0 Å². The van der Waals surface area contributed by atoms with Crippen molar-refractivity contribution in [2.75, 3.05) is 27.9 Å². The van der Waals surface area contributed by atoms with Gasteiger partial charge in [-0.1, -0.05) is 0 Å². The summed E-state index contributed by atoms with van der Waals surface area (Å²) in [5.41, 5.74) is 4.90. The molecule has 1 aromatic heterocycles. The second-order valence-corrected chi connectivity index (χ2v) is 6.25. The van der Waals surface area contributed by atoms with Crippen LogP contribution < -0.4 is 30.4 Å². The summed E-state index contributed by atoms with van der Waals surface area (Å²) in [7, 11) is 4.31. The molecular formula is C17H19BrN4O6. The summed E-state index contributed by atoms with van der Waals surface area (Å²) >= 11 is 3.20. The molecule has 0 radical (unpaired) electrons. The Morgan fingerprint density at radius 2 is 1.61 bits per heavy atom. The molecule has 3 amide bonds. The van der Waals surface area contributed by atoms with Crippen LogP contribution in [0, 0.1) is 0 Å². The fourth-order valence-corrected chi connectivity index (χ4v) is 2.56. The molecule has 0 spiro atoms. The van der Waals surface area contributed by atoms with E-state index >= 15 is 0 Å². The lowest BCUT2D eigenvalue weighted by Gasteiger charge is -2.14. The van der Waals surface area contributed by atoms with Crippen LogP contribution in [-0.2, 0) is 4.79 Å². The number of carbonyl (C=O) groups excluding carboxylic acids is 3. The summed E-state index contributed by atoms with van der Waals surface area (Å²) in [5.74, 6) is -0.719. The molecule has 0 saturated carbocycles. The molecule has 1 aromatic carbocycles. The first kappa shape index (κ1) is 21.1. The zero-order valence-electron chi connectivity index (χ0n) is 15.3. The monoisotopic (exact) mass is 454 g/mol. The van der Waals surface area contributed by atoms with Crippen LogP contribution in [-0.4, -0.2) is 50.6 Å². The van der Waals surface area contributed by atoms with Crippen LogP contribution in [0.25, 0.3) is 0 Å². The molecule has 0 aliphatic rings. The molecule has 28 heavy (non-hydrogen) atoms. The van der Waals surface area contributed by atoms with Crippen LogP contribution in [0.3, 0.4) is 0 Å². The van der Waals surface area contributed by atoms with Gasteiger partial charge in [0.15, 0.2) is 11.5 Å². The minimum absolute atomic E-state index is 0.211. The molecule has 0 unspecified atom stereocenters. The lowest BCUT2D eigenvalue weighted by Crippen LogP contribution is -2.46. The summed E-state index contributed by atoms with van der Waals surface area (Å²) in [5, 5.41) is 2.44. The number of hydrogen-bond donors (Lipinski definition) is 4. The molecule has 0 bridgehead atoms. The van der Waals surface area contributed by atoms with Crippen molar-refractivity contribution in [1.82, 2.24) is 21.2 Å². The number of rotatable bonds is 7. The molecule has 0 fully saturated rings. The van der Waals surface area contributed by atoms with Gasteiger partial charge in [-0.3, -0.25) is 25.2 Å². The van der Waals surface area contributed by atoms with Crippen molar-refractivity contribution in [3.63, 3.8) is 0 Å². The fourth-order valence-electron chi connectivity index (χ4n) is 2.21. The zero-order valence-corrected chi connectivity index (χ0v) is 16.9. The Morgan fingerprint density at radius 1 is 0.964 bits per heavy atom. The number of ether oxygens (including phenoxy) is 3. The van der Waals surface area contributed by atoms with Gasteiger partial charge < -0.3 is 24.5 Å². The summed E-state index contributed by atoms with van der Waals surface area (Å²) in [6.07, 6.45) is 1.58. The standard InChI is InChI=1S/C17H19BrN4O6/c1-26-12-4-9(5-13(27-2)15(12)28-3)16(24)20-8-14(23)21-22-17(25)11-6-10(18)7-19-11/h4-7,19H,8H2,1-3H3,(H,20,24)(H,21,23)(H,22,25). The second-order valence-electron chi connectivity index (χ2n) is 5.33. The van der Waals surface area contributed by atoms with E-state index in [0.717, 1.165) is 0 Å². The topological polar surface area (TPSA) is 131 Å². The van der Waals surface area contributed by atoms with Crippen molar-refractivity contribution in [3.8, 4) is 17.2 Å². The summed E-state index contributed by atoms with van der Waals surface area (Å²) in [6.45, 7) is -0.357. The molecule has 0 aliphatic carbocycles.